The quantitative estimate of drug-likeness (QED) is 0.0767. The summed E-state index contributed by atoms with van der Waals surface area (Å²) >= 11 is 0. The summed E-state index contributed by atoms with van der Waals surface area (Å²) < 4.78 is 128. The van der Waals surface area contributed by atoms with E-state index in [4.69, 9.17) is 26.8 Å². The second-order valence-electron chi connectivity index (χ2n) is 18.0. The number of nitrogens with zero attached hydrogens (tertiary/aromatic N) is 3. The van der Waals surface area contributed by atoms with E-state index < -0.39 is 31.2 Å². The third-order valence-corrected chi connectivity index (χ3v) is 15.1. The molecule has 0 fully saturated rings. The van der Waals surface area contributed by atoms with E-state index >= 15 is 11.7 Å². The van der Waals surface area contributed by atoms with Gasteiger partial charge in [-0.05, 0) is 194 Å². The Bertz CT molecular complexity index is 3780. The highest BCUT2D eigenvalue weighted by atomic mass is 32.3. The van der Waals surface area contributed by atoms with Gasteiger partial charge in [-0.15, -0.1) is 13.1 Å². The number of hydrogen-bond acceptors (Lipinski definition) is 12. The fourth-order valence-electron chi connectivity index (χ4n) is 8.52. The summed E-state index contributed by atoms with van der Waals surface area (Å²) in [5, 5.41) is 0. The van der Waals surface area contributed by atoms with Gasteiger partial charge < -0.3 is 26.8 Å². The molecule has 0 spiro atoms. The van der Waals surface area contributed by atoms with Gasteiger partial charge in [0, 0.05) is 0 Å². The van der Waals surface area contributed by atoms with Crippen LogP contribution in [-0.2, 0) is 31.2 Å². The van der Waals surface area contributed by atoms with Crippen molar-refractivity contribution in [2.45, 2.75) is 0 Å². The van der Waals surface area contributed by atoms with Crippen molar-refractivity contribution in [2.75, 3.05) is 21.3 Å². The maximum atomic E-state index is 15.5. The first kappa shape index (κ1) is 55.0. The third kappa shape index (κ3) is 14.3. The molecule has 18 heteroatoms. The maximum absolute atomic E-state index is 15.5. The predicted molar refractivity (Wildman–Crippen MR) is 314 cm³/mol. The summed E-state index contributed by atoms with van der Waals surface area (Å²) in [5.41, 5.74) is 9.34. The van der Waals surface area contributed by atoms with Gasteiger partial charge >= 0.3 is 31.2 Å². The normalized spacial score (nSPS) is 13.3. The summed E-state index contributed by atoms with van der Waals surface area (Å²) in [6, 6.07) is 66.3. The molecule has 10 rings (SSSR count). The van der Waals surface area contributed by atoms with E-state index in [1.54, 1.807) is 94.1 Å². The van der Waals surface area contributed by atoms with Gasteiger partial charge in [-0.3, -0.25) is 0 Å². The zero-order chi connectivity index (χ0) is 56.6. The number of benzene rings is 10. The molecule has 0 amide bonds. The Kier molecular flexibility index (Phi) is 16.2. The van der Waals surface area contributed by atoms with Crippen LogP contribution >= 0.6 is 0 Å². The lowest BCUT2D eigenvalue weighted by atomic mass is 9.93. The highest BCUT2D eigenvalue weighted by Gasteiger charge is 2.16. The smallest absolute Gasteiger partial charge is 0.382 e. The van der Waals surface area contributed by atoms with E-state index in [1.807, 2.05) is 91.0 Å². The van der Waals surface area contributed by atoms with Crippen LogP contribution in [-0.4, -0.2) is 34.0 Å². The molecule has 3 unspecified atom stereocenters. The zero-order valence-corrected chi connectivity index (χ0v) is 45.8. The van der Waals surface area contributed by atoms with Crippen LogP contribution in [0.2, 0.25) is 0 Å². The van der Waals surface area contributed by atoms with Crippen LogP contribution in [0.25, 0.3) is 66.8 Å². The highest BCUT2D eigenvalue weighted by molar-refractivity contribution is 7.84. The minimum Gasteiger partial charge on any atom is -0.497 e. The van der Waals surface area contributed by atoms with Gasteiger partial charge in [-0.25, -0.2) is 0 Å². The summed E-state index contributed by atoms with van der Waals surface area (Å²) in [5.74, 6) is 2.17. The van der Waals surface area contributed by atoms with Crippen molar-refractivity contribution in [2.24, 2.45) is 13.1 Å². The standard InChI is InChI=1S/C63H48F3N3O9S3/c1-73-58-28-10-43(11-29-58)46-16-34-61(35-17-46)76-79(64,70)67-55-22-4-49(5-23-55)52-40-53(50-6-24-56(25-7-50)68-80(65,71)77-62-36-18-47(19-37-62)44-12-30-59(74-2)31-13-44)42-54(41-52)51-8-26-57(27-9-51)69-81(66,72)78-63-38-20-48(21-39-63)45-14-32-60(75-3)33-15-45/h4-42H,1-3H3. The van der Waals surface area contributed by atoms with Crippen LogP contribution < -0.4 is 26.8 Å². The van der Waals surface area contributed by atoms with Gasteiger partial charge in [0.15, 0.2) is 0 Å². The second-order valence-corrected chi connectivity index (χ2v) is 21.5. The molecule has 0 heterocycles. The van der Waals surface area contributed by atoms with Crippen molar-refractivity contribution in [1.29, 1.82) is 0 Å². The van der Waals surface area contributed by atoms with Gasteiger partial charge in [0.2, 0.25) is 0 Å². The van der Waals surface area contributed by atoms with Crippen molar-refractivity contribution in [1.82, 2.24) is 0 Å². The minimum absolute atomic E-state index is 0.0193. The Hall–Kier alpha value is -9.36. The topological polar surface area (TPSA) is 144 Å². The van der Waals surface area contributed by atoms with Gasteiger partial charge in [0.05, 0.1) is 38.4 Å². The number of methoxy groups -OCH3 is 3. The molecule has 0 saturated carbocycles. The Morgan fingerprint density at radius 3 is 0.593 bits per heavy atom. The molecule has 0 aliphatic heterocycles. The molecule has 0 aliphatic rings. The summed E-state index contributed by atoms with van der Waals surface area (Å²) in [6.45, 7) is 0. The highest BCUT2D eigenvalue weighted by Crippen LogP contribution is 2.37. The molecule has 10 aromatic carbocycles. The molecule has 81 heavy (non-hydrogen) atoms. The van der Waals surface area contributed by atoms with E-state index in [0.29, 0.717) is 50.6 Å². The molecular formula is C63H48F3N3O9S3. The number of hydrogen-bond donors (Lipinski definition) is 0. The molecule has 3 atom stereocenters. The Labute approximate surface area is 469 Å². The van der Waals surface area contributed by atoms with E-state index in [1.165, 1.54) is 72.8 Å². The van der Waals surface area contributed by atoms with E-state index in [0.717, 1.165) is 33.4 Å². The molecule has 0 aliphatic carbocycles. The summed E-state index contributed by atoms with van der Waals surface area (Å²) in [4.78, 5) is 0. The lowest BCUT2D eigenvalue weighted by Gasteiger charge is -2.12. The summed E-state index contributed by atoms with van der Waals surface area (Å²) in [7, 11) is -9.32. The van der Waals surface area contributed by atoms with Crippen molar-refractivity contribution in [3.63, 3.8) is 0 Å². The van der Waals surface area contributed by atoms with E-state index in [-0.39, 0.29) is 34.3 Å². The SMILES string of the molecule is COc1ccc(-c2ccc(OS(=O)(F)=Nc3ccc(-c4cc(-c5ccc(N=S(=O)(F)Oc6ccc(-c7ccc(OC)cc7)cc6)cc5)cc(-c5ccc(N=S(=O)(F)Oc6ccc(-c7ccc(OC)cc7)cc6)cc5)c4)cc3)cc2)cc1. The molecule has 0 saturated heterocycles. The molecule has 0 bridgehead atoms. The molecule has 10 aromatic rings. The average Bonchev–Trinajstić information content (AvgIpc) is 3.49. The van der Waals surface area contributed by atoms with Crippen LogP contribution in [0.15, 0.2) is 250 Å². The first-order chi connectivity index (χ1) is 39.1. The largest absolute Gasteiger partial charge is 0.497 e. The number of halogens is 3. The van der Waals surface area contributed by atoms with E-state index in [2.05, 4.69) is 13.1 Å². The second kappa shape index (κ2) is 23.9. The summed E-state index contributed by atoms with van der Waals surface area (Å²) in [6.07, 6.45) is 0. The van der Waals surface area contributed by atoms with Gasteiger partial charge in [-0.2, -0.15) is 12.6 Å². The predicted octanol–water partition coefficient (Wildman–Crippen LogP) is 17.6. The Morgan fingerprint density at radius 1 is 0.247 bits per heavy atom. The van der Waals surface area contributed by atoms with Crippen LogP contribution in [0.5, 0.6) is 34.5 Å². The lowest BCUT2D eigenvalue weighted by molar-refractivity contribution is 0.415. The monoisotopic (exact) mass is 1140 g/mol. The molecule has 408 valence electrons. The average molecular weight is 1140 g/mol. The van der Waals surface area contributed by atoms with E-state index in [9.17, 15) is 12.6 Å². The first-order valence-corrected chi connectivity index (χ1v) is 28.8. The van der Waals surface area contributed by atoms with Crippen molar-refractivity contribution < 1.29 is 51.0 Å². The van der Waals surface area contributed by atoms with Crippen LogP contribution in [0.4, 0.5) is 28.7 Å². The number of rotatable bonds is 18. The molecular weight excluding hydrogens is 1100 g/mol. The van der Waals surface area contributed by atoms with Crippen molar-refractivity contribution >= 4 is 48.2 Å². The Balaban J connectivity index is 0.898. The molecule has 0 aromatic heterocycles. The first-order valence-electron chi connectivity index (χ1n) is 24.8. The molecule has 12 nitrogen and oxygen atoms in total. The van der Waals surface area contributed by atoms with Crippen LogP contribution in [0.1, 0.15) is 0 Å². The Morgan fingerprint density at radius 2 is 0.407 bits per heavy atom. The minimum atomic E-state index is -4.69. The molecule has 0 N–H and O–H groups in total. The third-order valence-electron chi connectivity index (χ3n) is 12.6. The fourth-order valence-corrected chi connectivity index (χ4v) is 10.8. The number of ether oxygens (including phenoxy) is 3. The van der Waals surface area contributed by atoms with Gasteiger partial charge in [0.25, 0.3) is 0 Å². The van der Waals surface area contributed by atoms with Gasteiger partial charge in [-0.1, -0.05) is 121 Å². The fraction of sp³-hybridized carbons (Fsp3) is 0.0476. The lowest BCUT2D eigenvalue weighted by Crippen LogP contribution is -2.01. The molecule has 0 radical (unpaired) electrons. The van der Waals surface area contributed by atoms with Crippen molar-refractivity contribution in [3.05, 3.63) is 237 Å². The van der Waals surface area contributed by atoms with Crippen LogP contribution in [0, 0.1) is 0 Å². The van der Waals surface area contributed by atoms with Gasteiger partial charge in [0.1, 0.15) is 34.5 Å². The maximum Gasteiger partial charge on any atom is 0.382 e. The van der Waals surface area contributed by atoms with Crippen LogP contribution in [0.3, 0.4) is 0 Å². The zero-order valence-electron chi connectivity index (χ0n) is 43.4. The van der Waals surface area contributed by atoms with Crippen molar-refractivity contribution in [3.8, 4) is 101 Å².